The fraction of sp³-hybridized carbons (Fsp3) is 0.692. The molecule has 0 spiro atoms. The van der Waals surface area contributed by atoms with Crippen molar-refractivity contribution in [3.8, 4) is 0 Å². The Kier molecular flexibility index (Phi) is 6.37. The third-order valence-electron chi connectivity index (χ3n) is 2.73. The summed E-state index contributed by atoms with van der Waals surface area (Å²) in [5.41, 5.74) is 0. The molecule has 86 valence electrons. The van der Waals surface area contributed by atoms with Gasteiger partial charge in [0, 0.05) is 19.6 Å². The zero-order valence-electron chi connectivity index (χ0n) is 9.98. The van der Waals surface area contributed by atoms with Gasteiger partial charge in [-0.1, -0.05) is 31.2 Å². The van der Waals surface area contributed by atoms with Crippen LogP contribution in [0.1, 0.15) is 26.7 Å². The molecular weight excluding hydrogens is 186 g/mol. The SMILES string of the molecule is C/C=C\C=C/CCN1CCOC(CC)C1. The van der Waals surface area contributed by atoms with E-state index >= 15 is 0 Å². The van der Waals surface area contributed by atoms with E-state index in [4.69, 9.17) is 4.74 Å². The molecular formula is C13H23NO. The molecule has 1 aliphatic rings. The highest BCUT2D eigenvalue weighted by molar-refractivity contribution is 5.01. The molecule has 1 rings (SSSR count). The maximum atomic E-state index is 5.63. The van der Waals surface area contributed by atoms with Crippen molar-refractivity contribution in [1.29, 1.82) is 0 Å². The number of rotatable bonds is 5. The lowest BCUT2D eigenvalue weighted by Crippen LogP contribution is -2.42. The first-order valence-electron chi connectivity index (χ1n) is 5.98. The van der Waals surface area contributed by atoms with E-state index in [2.05, 4.69) is 36.1 Å². The fourth-order valence-corrected chi connectivity index (χ4v) is 1.77. The van der Waals surface area contributed by atoms with Crippen molar-refractivity contribution < 1.29 is 4.74 Å². The summed E-state index contributed by atoms with van der Waals surface area (Å²) in [5.74, 6) is 0. The van der Waals surface area contributed by atoms with Gasteiger partial charge in [0.05, 0.1) is 12.7 Å². The molecule has 1 heterocycles. The molecule has 0 aromatic carbocycles. The molecule has 15 heavy (non-hydrogen) atoms. The van der Waals surface area contributed by atoms with Crippen molar-refractivity contribution in [2.75, 3.05) is 26.2 Å². The minimum absolute atomic E-state index is 0.457. The van der Waals surface area contributed by atoms with E-state index in [-0.39, 0.29) is 0 Å². The van der Waals surface area contributed by atoms with E-state index in [1.807, 2.05) is 6.92 Å². The van der Waals surface area contributed by atoms with Gasteiger partial charge in [-0.25, -0.2) is 0 Å². The molecule has 0 aromatic rings. The number of ether oxygens (including phenoxy) is 1. The smallest absolute Gasteiger partial charge is 0.0700 e. The van der Waals surface area contributed by atoms with Crippen molar-refractivity contribution in [3.05, 3.63) is 24.3 Å². The van der Waals surface area contributed by atoms with Gasteiger partial charge in [-0.15, -0.1) is 0 Å². The summed E-state index contributed by atoms with van der Waals surface area (Å²) >= 11 is 0. The standard InChI is InChI=1S/C13H23NO/c1-3-5-6-7-8-9-14-10-11-15-13(4-2)12-14/h3,5-7,13H,4,8-12H2,1-2H3/b5-3-,7-6-. The van der Waals surface area contributed by atoms with Gasteiger partial charge in [-0.2, -0.15) is 0 Å². The summed E-state index contributed by atoms with van der Waals surface area (Å²) in [7, 11) is 0. The summed E-state index contributed by atoms with van der Waals surface area (Å²) in [6.45, 7) is 8.49. The van der Waals surface area contributed by atoms with Crippen molar-refractivity contribution in [1.82, 2.24) is 4.90 Å². The molecule has 1 fully saturated rings. The largest absolute Gasteiger partial charge is 0.376 e. The van der Waals surface area contributed by atoms with Gasteiger partial charge in [0.25, 0.3) is 0 Å². The molecule has 0 bridgehead atoms. The molecule has 0 N–H and O–H groups in total. The summed E-state index contributed by atoms with van der Waals surface area (Å²) in [6, 6.07) is 0. The van der Waals surface area contributed by atoms with E-state index < -0.39 is 0 Å². The number of hydrogen-bond donors (Lipinski definition) is 0. The number of hydrogen-bond acceptors (Lipinski definition) is 2. The number of allylic oxidation sites excluding steroid dienone is 3. The van der Waals surface area contributed by atoms with Gasteiger partial charge >= 0.3 is 0 Å². The zero-order valence-corrected chi connectivity index (χ0v) is 9.98. The minimum Gasteiger partial charge on any atom is -0.376 e. The highest BCUT2D eigenvalue weighted by Crippen LogP contribution is 2.08. The van der Waals surface area contributed by atoms with Gasteiger partial charge in [0.2, 0.25) is 0 Å². The van der Waals surface area contributed by atoms with Gasteiger partial charge in [-0.05, 0) is 19.8 Å². The van der Waals surface area contributed by atoms with Crippen LogP contribution in [-0.2, 0) is 4.74 Å². The molecule has 2 nitrogen and oxygen atoms in total. The minimum atomic E-state index is 0.457. The topological polar surface area (TPSA) is 12.5 Å². The van der Waals surface area contributed by atoms with Crippen LogP contribution in [0.15, 0.2) is 24.3 Å². The van der Waals surface area contributed by atoms with Crippen LogP contribution in [0.3, 0.4) is 0 Å². The normalized spacial score (nSPS) is 24.3. The van der Waals surface area contributed by atoms with Crippen LogP contribution in [0, 0.1) is 0 Å². The average Bonchev–Trinajstić information content (AvgIpc) is 2.29. The third kappa shape index (κ3) is 5.14. The van der Waals surface area contributed by atoms with Gasteiger partial charge in [0.15, 0.2) is 0 Å². The van der Waals surface area contributed by atoms with Crippen LogP contribution in [-0.4, -0.2) is 37.2 Å². The van der Waals surface area contributed by atoms with Crippen LogP contribution in [0.4, 0.5) is 0 Å². The Bertz CT molecular complexity index is 211. The van der Waals surface area contributed by atoms with Crippen molar-refractivity contribution >= 4 is 0 Å². The van der Waals surface area contributed by atoms with Gasteiger partial charge in [-0.3, -0.25) is 4.90 Å². The van der Waals surface area contributed by atoms with E-state index in [0.717, 1.165) is 39.1 Å². The molecule has 1 atom stereocenters. The lowest BCUT2D eigenvalue weighted by atomic mass is 10.2. The van der Waals surface area contributed by atoms with Crippen molar-refractivity contribution in [2.45, 2.75) is 32.8 Å². The first-order valence-corrected chi connectivity index (χ1v) is 5.98. The fourth-order valence-electron chi connectivity index (χ4n) is 1.77. The molecule has 1 aliphatic heterocycles. The van der Waals surface area contributed by atoms with Crippen LogP contribution < -0.4 is 0 Å². The Morgan fingerprint density at radius 3 is 3.00 bits per heavy atom. The summed E-state index contributed by atoms with van der Waals surface area (Å²) in [6.07, 6.45) is 11.2. The van der Waals surface area contributed by atoms with Crippen LogP contribution in [0.2, 0.25) is 0 Å². The Morgan fingerprint density at radius 1 is 1.40 bits per heavy atom. The maximum Gasteiger partial charge on any atom is 0.0700 e. The highest BCUT2D eigenvalue weighted by atomic mass is 16.5. The molecule has 0 aromatic heterocycles. The van der Waals surface area contributed by atoms with Crippen LogP contribution in [0.5, 0.6) is 0 Å². The first kappa shape index (κ1) is 12.5. The zero-order chi connectivity index (χ0) is 10.9. The lowest BCUT2D eigenvalue weighted by Gasteiger charge is -2.32. The van der Waals surface area contributed by atoms with E-state index in [1.165, 1.54) is 0 Å². The summed E-state index contributed by atoms with van der Waals surface area (Å²) in [5, 5.41) is 0. The predicted octanol–water partition coefficient (Wildman–Crippen LogP) is 2.62. The quantitative estimate of drug-likeness (QED) is 0.645. The molecule has 0 radical (unpaired) electrons. The molecule has 1 unspecified atom stereocenters. The van der Waals surface area contributed by atoms with Gasteiger partial charge < -0.3 is 4.74 Å². The summed E-state index contributed by atoms with van der Waals surface area (Å²) < 4.78 is 5.63. The van der Waals surface area contributed by atoms with E-state index in [9.17, 15) is 0 Å². The lowest BCUT2D eigenvalue weighted by molar-refractivity contribution is -0.0289. The van der Waals surface area contributed by atoms with E-state index in [0.29, 0.717) is 6.10 Å². The van der Waals surface area contributed by atoms with Crippen LogP contribution in [0.25, 0.3) is 0 Å². The molecule has 1 saturated heterocycles. The monoisotopic (exact) mass is 209 g/mol. The Hall–Kier alpha value is -0.600. The molecule has 0 aliphatic carbocycles. The third-order valence-corrected chi connectivity index (χ3v) is 2.73. The highest BCUT2D eigenvalue weighted by Gasteiger charge is 2.17. The summed E-state index contributed by atoms with van der Waals surface area (Å²) in [4.78, 5) is 2.50. The average molecular weight is 209 g/mol. The predicted molar refractivity (Wildman–Crippen MR) is 65.0 cm³/mol. The first-order chi connectivity index (χ1) is 7.36. The molecule has 0 amide bonds. The number of nitrogens with zero attached hydrogens (tertiary/aromatic N) is 1. The Labute approximate surface area is 93.6 Å². The van der Waals surface area contributed by atoms with Crippen LogP contribution >= 0.6 is 0 Å². The second-order valence-corrected chi connectivity index (χ2v) is 3.94. The van der Waals surface area contributed by atoms with Crippen molar-refractivity contribution in [3.63, 3.8) is 0 Å². The van der Waals surface area contributed by atoms with E-state index in [1.54, 1.807) is 0 Å². The Balaban J connectivity index is 2.15. The number of morpholine rings is 1. The molecule has 2 heteroatoms. The Morgan fingerprint density at radius 2 is 2.27 bits per heavy atom. The second-order valence-electron chi connectivity index (χ2n) is 3.94. The van der Waals surface area contributed by atoms with Gasteiger partial charge in [0.1, 0.15) is 0 Å². The van der Waals surface area contributed by atoms with Crippen molar-refractivity contribution in [2.24, 2.45) is 0 Å². The second kappa shape index (κ2) is 7.66. The maximum absolute atomic E-state index is 5.63. The molecule has 0 saturated carbocycles.